The molecule has 1 aliphatic carbocycles. The van der Waals surface area contributed by atoms with Gasteiger partial charge in [-0.05, 0) is 53.0 Å². The lowest BCUT2D eigenvalue weighted by Gasteiger charge is -2.17. The molecule has 0 aliphatic heterocycles. The van der Waals surface area contributed by atoms with Crippen molar-refractivity contribution >= 4 is 32.9 Å². The fourth-order valence-electron chi connectivity index (χ4n) is 5.23. The number of amides is 1. The van der Waals surface area contributed by atoms with Crippen LogP contribution in [0.1, 0.15) is 36.3 Å². The smallest absolute Gasteiger partial charge is 0.407 e. The van der Waals surface area contributed by atoms with Crippen LogP contribution in [0.5, 0.6) is 0 Å². The molecule has 0 fully saturated rings. The second kappa shape index (κ2) is 11.9. The average Bonchev–Trinajstić information content (AvgIpc) is 3.28. The maximum Gasteiger partial charge on any atom is 0.407 e. The van der Waals surface area contributed by atoms with E-state index in [0.29, 0.717) is 18.2 Å². The highest BCUT2D eigenvalue weighted by Gasteiger charge is 2.29. The van der Waals surface area contributed by atoms with Gasteiger partial charge >= 0.3 is 12.1 Å². The van der Waals surface area contributed by atoms with E-state index < -0.39 is 28.1 Å². The lowest BCUT2D eigenvalue weighted by molar-refractivity contribution is -0.139. The number of hydrogen-bond acceptors (Lipinski definition) is 5. The predicted octanol–water partition coefficient (Wildman–Crippen LogP) is 5.28. The van der Waals surface area contributed by atoms with E-state index in [9.17, 15) is 23.1 Å². The Hall–Kier alpha value is -4.21. The molecule has 1 atom stereocenters. The molecule has 9 heteroatoms. The van der Waals surface area contributed by atoms with Crippen LogP contribution in [0.15, 0.2) is 95.9 Å². The Bertz CT molecular complexity index is 1600. The molecule has 206 valence electrons. The number of carboxylic acid groups (broad SMARTS) is 1. The standard InChI is InChI=1S/C31H30N2O6S/c34-30(35)28(17-7-8-19-32-40(37,38)29-18-9-11-21-10-1-2-12-22(21)29)33-31(36)39-20-27-25-15-5-3-13-23(25)24-14-4-6-16-26(24)27/h1-6,9-16,18,27-28,32H,7-8,17,19-20H2,(H,33,36)(H,34,35)/t28-/m0/s1. The maximum atomic E-state index is 12.9. The molecule has 8 nitrogen and oxygen atoms in total. The summed E-state index contributed by atoms with van der Waals surface area (Å²) in [6.07, 6.45) is 0.125. The van der Waals surface area contributed by atoms with Crippen LogP contribution in [0, 0.1) is 0 Å². The van der Waals surface area contributed by atoms with Crippen molar-refractivity contribution in [3.8, 4) is 11.1 Å². The number of hydrogen-bond donors (Lipinski definition) is 3. The number of alkyl carbamates (subject to hydrolysis) is 1. The third-order valence-electron chi connectivity index (χ3n) is 7.18. The van der Waals surface area contributed by atoms with Crippen LogP contribution in [0.4, 0.5) is 4.79 Å². The zero-order chi connectivity index (χ0) is 28.1. The van der Waals surface area contributed by atoms with Gasteiger partial charge in [-0.1, -0.05) is 84.9 Å². The van der Waals surface area contributed by atoms with E-state index in [1.54, 1.807) is 24.3 Å². The van der Waals surface area contributed by atoms with Crippen LogP contribution < -0.4 is 10.0 Å². The first-order chi connectivity index (χ1) is 19.3. The molecule has 40 heavy (non-hydrogen) atoms. The minimum absolute atomic E-state index is 0.0855. The summed E-state index contributed by atoms with van der Waals surface area (Å²) in [5.41, 5.74) is 4.34. The minimum atomic E-state index is -3.74. The normalized spacial score (nSPS) is 13.4. The van der Waals surface area contributed by atoms with Crippen LogP contribution in [0.3, 0.4) is 0 Å². The van der Waals surface area contributed by atoms with E-state index >= 15 is 0 Å². The van der Waals surface area contributed by atoms with Gasteiger partial charge in [-0.3, -0.25) is 0 Å². The number of carbonyl (C=O) groups is 2. The summed E-state index contributed by atoms with van der Waals surface area (Å²) in [6, 6.07) is 27.1. The monoisotopic (exact) mass is 558 g/mol. The Morgan fingerprint density at radius 3 is 2.15 bits per heavy atom. The van der Waals surface area contributed by atoms with Crippen LogP contribution in [-0.4, -0.2) is 44.8 Å². The molecule has 0 saturated carbocycles. The molecule has 0 saturated heterocycles. The summed E-state index contributed by atoms with van der Waals surface area (Å²) in [7, 11) is -3.74. The number of carboxylic acids is 1. The van der Waals surface area contributed by atoms with Crippen LogP contribution in [0.2, 0.25) is 0 Å². The number of carbonyl (C=O) groups excluding carboxylic acids is 1. The SMILES string of the molecule is O=C(N[C@@H](CCCCNS(=O)(=O)c1cccc2ccccc12)C(=O)O)OCC1c2ccccc2-c2ccccc21. The molecule has 4 aromatic rings. The first-order valence-electron chi connectivity index (χ1n) is 13.2. The van der Waals surface area contributed by atoms with E-state index in [2.05, 4.69) is 10.0 Å². The van der Waals surface area contributed by atoms with Crippen molar-refractivity contribution in [1.82, 2.24) is 10.0 Å². The van der Waals surface area contributed by atoms with Crippen molar-refractivity contribution in [3.05, 3.63) is 102 Å². The number of unbranched alkanes of at least 4 members (excludes halogenated alkanes) is 1. The van der Waals surface area contributed by atoms with E-state index in [4.69, 9.17) is 4.74 Å². The van der Waals surface area contributed by atoms with Gasteiger partial charge in [0.1, 0.15) is 12.6 Å². The molecule has 0 unspecified atom stereocenters. The molecule has 0 bridgehead atoms. The van der Waals surface area contributed by atoms with E-state index in [1.165, 1.54) is 0 Å². The molecule has 4 aromatic carbocycles. The second-order valence-electron chi connectivity index (χ2n) is 9.73. The van der Waals surface area contributed by atoms with E-state index in [0.717, 1.165) is 27.6 Å². The van der Waals surface area contributed by atoms with Gasteiger partial charge in [0.05, 0.1) is 4.90 Å². The van der Waals surface area contributed by atoms with Crippen LogP contribution >= 0.6 is 0 Å². The Labute approximate surface area is 233 Å². The van der Waals surface area contributed by atoms with Crippen molar-refractivity contribution in [3.63, 3.8) is 0 Å². The van der Waals surface area contributed by atoms with Gasteiger partial charge in [0.15, 0.2) is 0 Å². The number of benzene rings is 4. The molecule has 3 N–H and O–H groups in total. The zero-order valence-electron chi connectivity index (χ0n) is 21.7. The quantitative estimate of drug-likeness (QED) is 0.215. The van der Waals surface area contributed by atoms with E-state index in [1.807, 2.05) is 66.7 Å². The third-order valence-corrected chi connectivity index (χ3v) is 8.70. The first kappa shape index (κ1) is 27.4. The van der Waals surface area contributed by atoms with Crippen molar-refractivity contribution in [2.75, 3.05) is 13.2 Å². The van der Waals surface area contributed by atoms with Crippen molar-refractivity contribution in [2.45, 2.75) is 36.1 Å². The Balaban J connectivity index is 1.11. The van der Waals surface area contributed by atoms with Crippen molar-refractivity contribution < 1.29 is 27.9 Å². The maximum absolute atomic E-state index is 12.9. The van der Waals surface area contributed by atoms with Gasteiger partial charge in [0.25, 0.3) is 0 Å². The van der Waals surface area contributed by atoms with E-state index in [-0.39, 0.29) is 30.4 Å². The molecule has 0 radical (unpaired) electrons. The summed E-state index contributed by atoms with van der Waals surface area (Å²) in [4.78, 5) is 24.5. The topological polar surface area (TPSA) is 122 Å². The molecular formula is C31H30N2O6S. The molecule has 5 rings (SSSR count). The van der Waals surface area contributed by atoms with Crippen molar-refractivity contribution in [2.24, 2.45) is 0 Å². The lowest BCUT2D eigenvalue weighted by atomic mass is 9.98. The van der Waals surface area contributed by atoms with Crippen LogP contribution in [0.25, 0.3) is 21.9 Å². The Morgan fingerprint density at radius 1 is 0.825 bits per heavy atom. The number of rotatable bonds is 11. The van der Waals surface area contributed by atoms with Gasteiger partial charge in [-0.25, -0.2) is 22.7 Å². The van der Waals surface area contributed by atoms with Gasteiger partial charge in [0.2, 0.25) is 10.0 Å². The number of ether oxygens (including phenoxy) is 1. The molecule has 1 amide bonds. The predicted molar refractivity (Wildman–Crippen MR) is 153 cm³/mol. The fraction of sp³-hybridized carbons (Fsp3) is 0.226. The number of nitrogens with one attached hydrogen (secondary N) is 2. The largest absolute Gasteiger partial charge is 0.480 e. The molecule has 0 aromatic heterocycles. The summed E-state index contributed by atoms with van der Waals surface area (Å²) in [5, 5.41) is 13.5. The number of aliphatic carboxylic acids is 1. The van der Waals surface area contributed by atoms with Gasteiger partial charge in [-0.2, -0.15) is 0 Å². The average molecular weight is 559 g/mol. The highest BCUT2D eigenvalue weighted by Crippen LogP contribution is 2.44. The highest BCUT2D eigenvalue weighted by atomic mass is 32.2. The molecular weight excluding hydrogens is 528 g/mol. The fourth-order valence-corrected chi connectivity index (χ4v) is 6.53. The van der Waals surface area contributed by atoms with Crippen LogP contribution in [-0.2, 0) is 19.6 Å². The third kappa shape index (κ3) is 5.85. The van der Waals surface area contributed by atoms with Gasteiger partial charge in [0, 0.05) is 17.8 Å². The molecule has 1 aliphatic rings. The molecule has 0 spiro atoms. The summed E-state index contributed by atoms with van der Waals surface area (Å²) >= 11 is 0. The lowest BCUT2D eigenvalue weighted by Crippen LogP contribution is -2.41. The minimum Gasteiger partial charge on any atom is -0.480 e. The zero-order valence-corrected chi connectivity index (χ0v) is 22.6. The van der Waals surface area contributed by atoms with Gasteiger partial charge in [-0.15, -0.1) is 0 Å². The van der Waals surface area contributed by atoms with Gasteiger partial charge < -0.3 is 15.2 Å². The Morgan fingerprint density at radius 2 is 1.45 bits per heavy atom. The summed E-state index contributed by atoms with van der Waals surface area (Å²) < 4.78 is 33.8. The summed E-state index contributed by atoms with van der Waals surface area (Å²) in [5.74, 6) is -1.30. The second-order valence-corrected chi connectivity index (χ2v) is 11.5. The number of sulfonamides is 1. The molecule has 0 heterocycles. The Kier molecular flexibility index (Phi) is 8.14. The number of fused-ring (bicyclic) bond motifs is 4. The van der Waals surface area contributed by atoms with Crippen molar-refractivity contribution in [1.29, 1.82) is 0 Å². The summed E-state index contributed by atoms with van der Waals surface area (Å²) in [6.45, 7) is 0.227. The highest BCUT2D eigenvalue weighted by molar-refractivity contribution is 7.89. The first-order valence-corrected chi connectivity index (χ1v) is 14.7.